The van der Waals surface area contributed by atoms with E-state index in [2.05, 4.69) is 10.5 Å². The monoisotopic (exact) mass is 478 g/mol. The molecule has 3 aromatic rings. The van der Waals surface area contributed by atoms with E-state index in [0.29, 0.717) is 43.4 Å². The third-order valence-electron chi connectivity index (χ3n) is 4.11. The number of rotatable bonds is 7. The van der Waals surface area contributed by atoms with Gasteiger partial charge in [0.2, 0.25) is 0 Å². The minimum Gasteiger partial charge on any atom is -0.497 e. The van der Waals surface area contributed by atoms with Crippen LogP contribution in [0.15, 0.2) is 59.7 Å². The zero-order chi connectivity index (χ0) is 22.4. The van der Waals surface area contributed by atoms with Crippen LogP contribution in [-0.4, -0.2) is 26.4 Å². The fourth-order valence-electron chi connectivity index (χ4n) is 2.56. The highest BCUT2D eigenvalue weighted by molar-refractivity contribution is 6.41. The van der Waals surface area contributed by atoms with Gasteiger partial charge in [0.15, 0.2) is 11.5 Å². The average Bonchev–Trinajstić information content (AvgIpc) is 2.76. The molecule has 0 saturated heterocycles. The molecule has 0 aliphatic rings. The van der Waals surface area contributed by atoms with Crippen LogP contribution < -0.4 is 19.6 Å². The first kappa shape index (κ1) is 22.7. The van der Waals surface area contributed by atoms with E-state index < -0.39 is 5.97 Å². The summed E-state index contributed by atoms with van der Waals surface area (Å²) in [6.45, 7) is 0. The maximum atomic E-state index is 12.4. The molecule has 0 radical (unpaired) electrons. The van der Waals surface area contributed by atoms with Gasteiger partial charge in [0.1, 0.15) is 5.75 Å². The van der Waals surface area contributed by atoms with E-state index in [9.17, 15) is 4.79 Å². The predicted octanol–water partition coefficient (Wildman–Crippen LogP) is 6.33. The molecule has 9 heteroatoms. The molecule has 6 nitrogen and oxygen atoms in total. The number of nitrogens with one attached hydrogen (secondary N) is 1. The molecule has 0 fully saturated rings. The fourth-order valence-corrected chi connectivity index (χ4v) is 3.46. The van der Waals surface area contributed by atoms with Gasteiger partial charge in [-0.15, -0.1) is 0 Å². The second-order valence-electron chi connectivity index (χ2n) is 6.14. The van der Waals surface area contributed by atoms with Gasteiger partial charge in [-0.25, -0.2) is 4.79 Å². The second kappa shape index (κ2) is 10.4. The Hall–Kier alpha value is -2.93. The van der Waals surface area contributed by atoms with Crippen molar-refractivity contribution in [3.63, 3.8) is 0 Å². The molecule has 0 bridgehead atoms. The molecule has 0 heterocycles. The van der Waals surface area contributed by atoms with E-state index >= 15 is 0 Å². The van der Waals surface area contributed by atoms with Crippen LogP contribution in [0.5, 0.6) is 17.2 Å². The highest BCUT2D eigenvalue weighted by atomic mass is 35.5. The molecule has 0 spiro atoms. The Bertz CT molecular complexity index is 1100. The summed E-state index contributed by atoms with van der Waals surface area (Å²) in [5.74, 6) is 0.772. The van der Waals surface area contributed by atoms with Crippen molar-refractivity contribution in [2.45, 2.75) is 0 Å². The molecule has 3 aromatic carbocycles. The number of carbonyl (C=O) groups is 1. The number of carbonyl (C=O) groups excluding carboxylic acids is 1. The predicted molar refractivity (Wildman–Crippen MR) is 124 cm³/mol. The van der Waals surface area contributed by atoms with Gasteiger partial charge in [0, 0.05) is 5.02 Å². The molecule has 0 unspecified atom stereocenters. The number of anilines is 1. The number of benzene rings is 3. The van der Waals surface area contributed by atoms with E-state index in [0.717, 1.165) is 0 Å². The van der Waals surface area contributed by atoms with E-state index in [4.69, 9.17) is 49.0 Å². The number of methoxy groups -OCH3 is 2. The summed E-state index contributed by atoms with van der Waals surface area (Å²) in [5, 5.41) is 5.24. The Morgan fingerprint density at radius 2 is 1.58 bits per heavy atom. The quantitative estimate of drug-likeness (QED) is 0.186. The highest BCUT2D eigenvalue weighted by Crippen LogP contribution is 2.34. The van der Waals surface area contributed by atoms with Gasteiger partial charge in [0.25, 0.3) is 0 Å². The maximum Gasteiger partial charge on any atom is 0.343 e. The van der Waals surface area contributed by atoms with Crippen LogP contribution in [0.3, 0.4) is 0 Å². The summed E-state index contributed by atoms with van der Waals surface area (Å²) < 4.78 is 15.9. The first-order valence-electron chi connectivity index (χ1n) is 8.89. The smallest absolute Gasteiger partial charge is 0.343 e. The summed E-state index contributed by atoms with van der Waals surface area (Å²) >= 11 is 18.1. The number of nitrogens with zero attached hydrogens (tertiary/aromatic N) is 1. The van der Waals surface area contributed by atoms with Crippen LogP contribution in [0.1, 0.15) is 15.9 Å². The van der Waals surface area contributed by atoms with Crippen LogP contribution in [0.4, 0.5) is 5.69 Å². The molecule has 160 valence electrons. The van der Waals surface area contributed by atoms with E-state index in [1.54, 1.807) is 67.9 Å². The zero-order valence-electron chi connectivity index (χ0n) is 16.5. The zero-order valence-corrected chi connectivity index (χ0v) is 18.8. The lowest BCUT2D eigenvalue weighted by molar-refractivity contribution is 0.0729. The lowest BCUT2D eigenvalue weighted by atomic mass is 10.2. The summed E-state index contributed by atoms with van der Waals surface area (Å²) in [4.78, 5) is 12.4. The minimum atomic E-state index is -0.518. The van der Waals surface area contributed by atoms with Gasteiger partial charge in [0.05, 0.1) is 41.7 Å². The summed E-state index contributed by atoms with van der Waals surface area (Å²) in [5.41, 5.74) is 4.29. The third kappa shape index (κ3) is 5.82. The topological polar surface area (TPSA) is 69.2 Å². The minimum absolute atomic E-state index is 0.275. The van der Waals surface area contributed by atoms with Crippen LogP contribution in [0, 0.1) is 0 Å². The van der Waals surface area contributed by atoms with Gasteiger partial charge in [-0.05, 0) is 60.2 Å². The lowest BCUT2D eigenvalue weighted by Crippen LogP contribution is -2.09. The summed E-state index contributed by atoms with van der Waals surface area (Å²) in [6, 6.07) is 14.7. The molecule has 0 atom stereocenters. The molecular weight excluding hydrogens is 463 g/mol. The van der Waals surface area contributed by atoms with Crippen molar-refractivity contribution < 1.29 is 19.0 Å². The van der Waals surface area contributed by atoms with Gasteiger partial charge in [-0.2, -0.15) is 5.10 Å². The first-order chi connectivity index (χ1) is 14.9. The highest BCUT2D eigenvalue weighted by Gasteiger charge is 2.13. The Morgan fingerprint density at radius 1 is 0.903 bits per heavy atom. The van der Waals surface area contributed by atoms with Crippen LogP contribution >= 0.6 is 34.8 Å². The lowest BCUT2D eigenvalue weighted by Gasteiger charge is -2.10. The number of hydrogen-bond acceptors (Lipinski definition) is 6. The largest absolute Gasteiger partial charge is 0.497 e. The van der Waals surface area contributed by atoms with Crippen molar-refractivity contribution in [2.75, 3.05) is 19.6 Å². The van der Waals surface area contributed by atoms with E-state index in [1.807, 2.05) is 0 Å². The van der Waals surface area contributed by atoms with Crippen molar-refractivity contribution in [3.05, 3.63) is 80.8 Å². The van der Waals surface area contributed by atoms with Crippen LogP contribution in [0.25, 0.3) is 0 Å². The number of hydrogen-bond donors (Lipinski definition) is 1. The molecule has 31 heavy (non-hydrogen) atoms. The van der Waals surface area contributed by atoms with E-state index in [1.165, 1.54) is 7.11 Å². The van der Waals surface area contributed by atoms with Gasteiger partial charge in [-0.3, -0.25) is 5.43 Å². The third-order valence-corrected chi connectivity index (χ3v) is 4.93. The summed E-state index contributed by atoms with van der Waals surface area (Å²) in [6.07, 6.45) is 1.54. The Balaban J connectivity index is 1.72. The maximum absolute atomic E-state index is 12.4. The molecule has 0 aliphatic heterocycles. The molecule has 0 aliphatic carbocycles. The van der Waals surface area contributed by atoms with Gasteiger partial charge in [-0.1, -0.05) is 34.8 Å². The number of halogens is 3. The Kier molecular flexibility index (Phi) is 7.63. The van der Waals surface area contributed by atoms with E-state index in [-0.39, 0.29) is 5.75 Å². The molecule has 0 amide bonds. The van der Waals surface area contributed by atoms with Crippen molar-refractivity contribution in [2.24, 2.45) is 5.10 Å². The summed E-state index contributed by atoms with van der Waals surface area (Å²) in [7, 11) is 3.03. The van der Waals surface area contributed by atoms with Gasteiger partial charge < -0.3 is 14.2 Å². The van der Waals surface area contributed by atoms with Crippen molar-refractivity contribution in [1.82, 2.24) is 0 Å². The fraction of sp³-hybridized carbons (Fsp3) is 0.0909. The molecule has 3 rings (SSSR count). The number of esters is 1. The number of ether oxygens (including phenoxy) is 3. The number of hydrazone groups is 1. The molecule has 1 N–H and O–H groups in total. The average molecular weight is 480 g/mol. The van der Waals surface area contributed by atoms with Crippen LogP contribution in [0.2, 0.25) is 15.1 Å². The standard InChI is InChI=1S/C22H17Cl3N2O4/c1-29-16-6-4-14(5-7-16)22(28)31-19-8-3-13(9-20(19)30-2)12-26-27-21-17(24)10-15(23)11-18(21)25/h3-12,27H,1-2H3. The van der Waals surface area contributed by atoms with Crippen molar-refractivity contribution in [1.29, 1.82) is 0 Å². The molecular formula is C22H17Cl3N2O4. The van der Waals surface area contributed by atoms with Crippen LogP contribution in [-0.2, 0) is 0 Å². The van der Waals surface area contributed by atoms with Crippen molar-refractivity contribution in [3.8, 4) is 17.2 Å². The molecule has 0 aromatic heterocycles. The van der Waals surface area contributed by atoms with Gasteiger partial charge >= 0.3 is 5.97 Å². The normalized spacial score (nSPS) is 10.7. The SMILES string of the molecule is COc1ccc(C(=O)Oc2ccc(C=NNc3c(Cl)cc(Cl)cc3Cl)cc2OC)cc1. The second-order valence-corrected chi connectivity index (χ2v) is 7.39. The molecule has 0 saturated carbocycles. The first-order valence-corrected chi connectivity index (χ1v) is 10.0. The van der Waals surface area contributed by atoms with Crippen molar-refractivity contribution >= 4 is 52.7 Å². The Labute approximate surface area is 194 Å². The Morgan fingerprint density at radius 3 is 2.19 bits per heavy atom.